The molecule has 0 fully saturated rings. The highest BCUT2D eigenvalue weighted by atomic mass is 16.1. The summed E-state index contributed by atoms with van der Waals surface area (Å²) in [6.45, 7) is 3.23. The van der Waals surface area contributed by atoms with Crippen molar-refractivity contribution in [3.63, 3.8) is 0 Å². The third-order valence-corrected chi connectivity index (χ3v) is 2.65. The summed E-state index contributed by atoms with van der Waals surface area (Å²) in [4.78, 5) is 11.9. The molecule has 0 bridgehead atoms. The summed E-state index contributed by atoms with van der Waals surface area (Å²) in [6, 6.07) is 11.4. The molecule has 0 saturated carbocycles. The van der Waals surface area contributed by atoms with E-state index in [1.807, 2.05) is 36.4 Å². The van der Waals surface area contributed by atoms with Gasteiger partial charge in [-0.05, 0) is 18.9 Å². The minimum Gasteiger partial charge on any atom is -0.304 e. The van der Waals surface area contributed by atoms with Crippen molar-refractivity contribution in [2.75, 3.05) is 13.1 Å². The number of hydrogen-bond acceptors (Lipinski definition) is 3. The van der Waals surface area contributed by atoms with Gasteiger partial charge in [0.05, 0.1) is 12.6 Å². The van der Waals surface area contributed by atoms with Gasteiger partial charge in [0.1, 0.15) is 0 Å². The zero-order valence-electron chi connectivity index (χ0n) is 10.1. The maximum Gasteiger partial charge on any atom is 0.163 e. The molecule has 1 rings (SSSR count). The quantitative estimate of drug-likeness (QED) is 0.444. The molecule has 0 aromatic heterocycles. The lowest BCUT2D eigenvalue weighted by Gasteiger charge is -2.10. The zero-order chi connectivity index (χ0) is 12.5. The van der Waals surface area contributed by atoms with Crippen LogP contribution in [0.4, 0.5) is 0 Å². The Balaban J connectivity index is 2.29. The molecule has 0 aliphatic carbocycles. The fourth-order valence-corrected chi connectivity index (χ4v) is 1.65. The van der Waals surface area contributed by atoms with E-state index in [-0.39, 0.29) is 5.78 Å². The van der Waals surface area contributed by atoms with Gasteiger partial charge in [-0.25, -0.2) is 0 Å². The van der Waals surface area contributed by atoms with Crippen LogP contribution < -0.4 is 5.32 Å². The molecule has 0 radical (unpaired) electrons. The molecule has 1 atom stereocenters. The molecule has 3 nitrogen and oxygen atoms in total. The number of benzene rings is 1. The summed E-state index contributed by atoms with van der Waals surface area (Å²) in [5.41, 5.74) is 0.782. The number of nitriles is 1. The Labute approximate surface area is 102 Å². The van der Waals surface area contributed by atoms with Gasteiger partial charge in [-0.15, -0.1) is 0 Å². The van der Waals surface area contributed by atoms with Crippen molar-refractivity contribution >= 4 is 5.78 Å². The number of carbonyl (C=O) groups excluding carboxylic acids is 1. The van der Waals surface area contributed by atoms with Gasteiger partial charge < -0.3 is 5.32 Å². The fraction of sp³-hybridized carbons (Fsp3) is 0.429. The van der Waals surface area contributed by atoms with Crippen LogP contribution in [0.3, 0.4) is 0 Å². The molecule has 0 aliphatic heterocycles. The van der Waals surface area contributed by atoms with Crippen molar-refractivity contribution < 1.29 is 4.79 Å². The van der Waals surface area contributed by atoms with E-state index in [0.717, 1.165) is 18.5 Å². The first-order chi connectivity index (χ1) is 8.24. The Hall–Kier alpha value is -1.66. The zero-order valence-corrected chi connectivity index (χ0v) is 10.1. The van der Waals surface area contributed by atoms with E-state index in [4.69, 9.17) is 5.26 Å². The number of ketones is 1. The van der Waals surface area contributed by atoms with Gasteiger partial charge in [-0.1, -0.05) is 37.3 Å². The lowest BCUT2D eigenvalue weighted by molar-refractivity contribution is 0.0963. The van der Waals surface area contributed by atoms with Gasteiger partial charge in [-0.3, -0.25) is 4.79 Å². The van der Waals surface area contributed by atoms with Crippen LogP contribution in [0, 0.1) is 17.2 Å². The number of hydrogen-bond donors (Lipinski definition) is 1. The summed E-state index contributed by atoms with van der Waals surface area (Å²) in [6.07, 6.45) is 1.48. The minimum atomic E-state index is 0.193. The highest BCUT2D eigenvalue weighted by molar-refractivity contribution is 5.96. The predicted octanol–water partition coefficient (Wildman–Crippen LogP) is 2.40. The highest BCUT2D eigenvalue weighted by Gasteiger charge is 2.10. The molecule has 0 heterocycles. The van der Waals surface area contributed by atoms with Crippen LogP contribution in [0.15, 0.2) is 30.3 Å². The van der Waals surface area contributed by atoms with E-state index in [2.05, 4.69) is 12.2 Å². The monoisotopic (exact) mass is 230 g/mol. The normalized spacial score (nSPS) is 11.8. The number of Topliss-reactive ketones (excluding diaryl/α,β-unsaturated/α-hetero) is 1. The average molecular weight is 230 g/mol. The largest absolute Gasteiger partial charge is 0.304 e. The Morgan fingerprint density at radius 1 is 1.41 bits per heavy atom. The third-order valence-electron chi connectivity index (χ3n) is 2.65. The molecule has 17 heavy (non-hydrogen) atoms. The van der Waals surface area contributed by atoms with E-state index in [1.165, 1.54) is 0 Å². The number of carbonyl (C=O) groups is 1. The number of rotatable bonds is 7. The molecule has 0 amide bonds. The van der Waals surface area contributed by atoms with Crippen molar-refractivity contribution in [3.8, 4) is 6.07 Å². The van der Waals surface area contributed by atoms with Crippen LogP contribution in [0.5, 0.6) is 0 Å². The Bertz CT molecular complexity index is 381. The van der Waals surface area contributed by atoms with Gasteiger partial charge in [-0.2, -0.15) is 5.26 Å². The van der Waals surface area contributed by atoms with Crippen LogP contribution >= 0.6 is 0 Å². The van der Waals surface area contributed by atoms with Crippen LogP contribution in [0.25, 0.3) is 0 Å². The van der Waals surface area contributed by atoms with Crippen LogP contribution in [-0.2, 0) is 0 Å². The van der Waals surface area contributed by atoms with E-state index in [9.17, 15) is 4.79 Å². The minimum absolute atomic E-state index is 0.193. The molecule has 0 aliphatic rings. The molecule has 1 unspecified atom stereocenters. The Kier molecular flexibility index (Phi) is 5.98. The van der Waals surface area contributed by atoms with Crippen molar-refractivity contribution in [1.29, 1.82) is 5.26 Å². The molecule has 90 valence electrons. The molecule has 3 heteroatoms. The maximum atomic E-state index is 11.9. The SMILES string of the molecule is CC(CCNCC#N)CC(=O)c1ccccc1. The highest BCUT2D eigenvalue weighted by Crippen LogP contribution is 2.12. The predicted molar refractivity (Wildman–Crippen MR) is 67.7 cm³/mol. The molecule has 1 N–H and O–H groups in total. The van der Waals surface area contributed by atoms with Crippen molar-refractivity contribution in [1.82, 2.24) is 5.32 Å². The topological polar surface area (TPSA) is 52.9 Å². The van der Waals surface area contributed by atoms with E-state index >= 15 is 0 Å². The van der Waals surface area contributed by atoms with E-state index in [1.54, 1.807) is 0 Å². The molecule has 0 spiro atoms. The molecule has 0 saturated heterocycles. The van der Waals surface area contributed by atoms with Gasteiger partial charge in [0.15, 0.2) is 5.78 Å². The van der Waals surface area contributed by atoms with Crippen LogP contribution in [0.1, 0.15) is 30.1 Å². The van der Waals surface area contributed by atoms with E-state index in [0.29, 0.717) is 18.9 Å². The first-order valence-corrected chi connectivity index (χ1v) is 5.90. The lowest BCUT2D eigenvalue weighted by atomic mass is 9.97. The Morgan fingerprint density at radius 3 is 2.76 bits per heavy atom. The van der Waals surface area contributed by atoms with Crippen LogP contribution in [0.2, 0.25) is 0 Å². The smallest absolute Gasteiger partial charge is 0.163 e. The van der Waals surface area contributed by atoms with Gasteiger partial charge in [0.25, 0.3) is 0 Å². The summed E-state index contributed by atoms with van der Waals surface area (Å²) >= 11 is 0. The first kappa shape index (κ1) is 13.4. The first-order valence-electron chi connectivity index (χ1n) is 5.90. The van der Waals surface area contributed by atoms with Gasteiger partial charge >= 0.3 is 0 Å². The number of nitrogens with zero attached hydrogens (tertiary/aromatic N) is 1. The summed E-state index contributed by atoms with van der Waals surface area (Å²) in [5.74, 6) is 0.535. The van der Waals surface area contributed by atoms with Crippen molar-refractivity contribution in [2.45, 2.75) is 19.8 Å². The summed E-state index contributed by atoms with van der Waals surface area (Å²) in [5, 5.41) is 11.4. The Morgan fingerprint density at radius 2 is 2.12 bits per heavy atom. The van der Waals surface area contributed by atoms with Gasteiger partial charge in [0.2, 0.25) is 0 Å². The third kappa shape index (κ3) is 5.28. The standard InChI is InChI=1S/C14H18N2O/c1-12(7-9-16-10-8-15)11-14(17)13-5-3-2-4-6-13/h2-6,12,16H,7,9-11H2,1H3. The molecular weight excluding hydrogens is 212 g/mol. The van der Waals surface area contributed by atoms with Crippen molar-refractivity contribution in [2.24, 2.45) is 5.92 Å². The maximum absolute atomic E-state index is 11.9. The summed E-state index contributed by atoms with van der Waals surface area (Å²) < 4.78 is 0. The van der Waals surface area contributed by atoms with Crippen molar-refractivity contribution in [3.05, 3.63) is 35.9 Å². The molecule has 1 aromatic rings. The molecule has 1 aromatic carbocycles. The lowest BCUT2D eigenvalue weighted by Crippen LogP contribution is -2.18. The average Bonchev–Trinajstić information content (AvgIpc) is 2.36. The second-order valence-electron chi connectivity index (χ2n) is 4.22. The van der Waals surface area contributed by atoms with E-state index < -0.39 is 0 Å². The molecular formula is C14H18N2O. The van der Waals surface area contributed by atoms with Gasteiger partial charge in [0, 0.05) is 12.0 Å². The fourth-order valence-electron chi connectivity index (χ4n) is 1.65. The second-order valence-corrected chi connectivity index (χ2v) is 4.22. The number of nitrogens with one attached hydrogen (secondary N) is 1. The van der Waals surface area contributed by atoms with Crippen LogP contribution in [-0.4, -0.2) is 18.9 Å². The second kappa shape index (κ2) is 7.59. The summed E-state index contributed by atoms with van der Waals surface area (Å²) in [7, 11) is 0.